The van der Waals surface area contributed by atoms with Crippen LogP contribution in [0.1, 0.15) is 26.2 Å². The van der Waals surface area contributed by atoms with E-state index in [1.807, 2.05) is 6.92 Å². The molecule has 1 aromatic carbocycles. The van der Waals surface area contributed by atoms with E-state index >= 15 is 0 Å². The number of nitrogens with one attached hydrogen (secondary N) is 1. The number of carbonyl (C=O) groups is 1. The topological polar surface area (TPSA) is 61.8 Å². The third-order valence-electron chi connectivity index (χ3n) is 3.01. The fraction of sp³-hybridized carbons (Fsp3) is 0.533. The molecular formula is C15H23FN2O3. The van der Waals surface area contributed by atoms with Crippen molar-refractivity contribution in [3.05, 3.63) is 24.0 Å². The number of benzene rings is 1. The minimum atomic E-state index is -0.472. The lowest BCUT2D eigenvalue weighted by atomic mass is 10.3. The third-order valence-corrected chi connectivity index (χ3v) is 3.01. The number of anilines is 1. The molecule has 6 heteroatoms. The first-order valence-corrected chi connectivity index (χ1v) is 7.12. The van der Waals surface area contributed by atoms with Crippen LogP contribution in [-0.4, -0.2) is 42.8 Å². The highest BCUT2D eigenvalue weighted by atomic mass is 19.1. The number of methoxy groups -OCH3 is 1. The summed E-state index contributed by atoms with van der Waals surface area (Å²) in [5.41, 5.74) is 0.349. The number of aliphatic hydroxyl groups excluding tert-OH is 1. The molecule has 1 aromatic rings. The second-order valence-corrected chi connectivity index (χ2v) is 4.73. The largest absolute Gasteiger partial charge is 0.497 e. The molecule has 0 atom stereocenters. The molecule has 2 amide bonds. The Balaban J connectivity index is 2.72. The van der Waals surface area contributed by atoms with Crippen LogP contribution in [0.3, 0.4) is 0 Å². The normalized spacial score (nSPS) is 10.3. The summed E-state index contributed by atoms with van der Waals surface area (Å²) in [4.78, 5) is 13.8. The van der Waals surface area contributed by atoms with Crippen molar-refractivity contribution in [2.75, 3.05) is 32.1 Å². The summed E-state index contributed by atoms with van der Waals surface area (Å²) in [6.45, 7) is 3.15. The molecule has 0 heterocycles. The van der Waals surface area contributed by atoms with Gasteiger partial charge in [0.2, 0.25) is 0 Å². The van der Waals surface area contributed by atoms with Crippen LogP contribution in [0.25, 0.3) is 0 Å². The Morgan fingerprint density at radius 1 is 1.33 bits per heavy atom. The molecule has 0 aliphatic heterocycles. The number of urea groups is 1. The fourth-order valence-corrected chi connectivity index (χ4v) is 1.88. The van der Waals surface area contributed by atoms with Crippen LogP contribution in [-0.2, 0) is 0 Å². The molecule has 2 N–H and O–H groups in total. The van der Waals surface area contributed by atoms with Crippen LogP contribution in [0.5, 0.6) is 5.75 Å². The zero-order chi connectivity index (χ0) is 15.7. The lowest BCUT2D eigenvalue weighted by molar-refractivity contribution is 0.201. The predicted octanol–water partition coefficient (Wildman–Crippen LogP) is 2.85. The maximum absolute atomic E-state index is 13.4. The van der Waals surface area contributed by atoms with Crippen molar-refractivity contribution in [2.24, 2.45) is 0 Å². The summed E-state index contributed by atoms with van der Waals surface area (Å²) in [5.74, 6) is -0.124. The van der Waals surface area contributed by atoms with E-state index in [0.717, 1.165) is 12.8 Å². The van der Waals surface area contributed by atoms with Gasteiger partial charge >= 0.3 is 6.03 Å². The summed E-state index contributed by atoms with van der Waals surface area (Å²) in [5, 5.41) is 11.6. The predicted molar refractivity (Wildman–Crippen MR) is 80.2 cm³/mol. The number of hydrogen-bond donors (Lipinski definition) is 2. The molecule has 118 valence electrons. The Labute approximate surface area is 124 Å². The SMILES string of the molecule is CCCCN(CCCO)C(=O)Nc1cc(F)cc(OC)c1. The molecule has 0 aromatic heterocycles. The maximum Gasteiger partial charge on any atom is 0.321 e. The second kappa shape index (κ2) is 9.18. The number of amides is 2. The van der Waals surface area contributed by atoms with E-state index in [1.54, 1.807) is 11.0 Å². The van der Waals surface area contributed by atoms with Gasteiger partial charge in [-0.3, -0.25) is 0 Å². The number of unbranched alkanes of at least 4 members (excludes halogenated alkanes) is 1. The van der Waals surface area contributed by atoms with E-state index in [2.05, 4.69) is 5.32 Å². The van der Waals surface area contributed by atoms with Gasteiger partial charge in [-0.2, -0.15) is 0 Å². The van der Waals surface area contributed by atoms with E-state index in [9.17, 15) is 9.18 Å². The zero-order valence-electron chi connectivity index (χ0n) is 12.6. The molecule has 0 aliphatic rings. The first-order valence-electron chi connectivity index (χ1n) is 7.12. The van der Waals surface area contributed by atoms with E-state index in [1.165, 1.54) is 19.2 Å². The average Bonchev–Trinajstić information content (AvgIpc) is 2.46. The molecule has 0 saturated carbocycles. The molecule has 0 unspecified atom stereocenters. The lowest BCUT2D eigenvalue weighted by Gasteiger charge is -2.22. The Morgan fingerprint density at radius 3 is 2.67 bits per heavy atom. The summed E-state index contributed by atoms with van der Waals surface area (Å²) < 4.78 is 18.4. The van der Waals surface area contributed by atoms with Crippen LogP contribution in [0.4, 0.5) is 14.9 Å². The van der Waals surface area contributed by atoms with Crippen LogP contribution < -0.4 is 10.1 Å². The van der Waals surface area contributed by atoms with Gasteiger partial charge in [0.15, 0.2) is 0 Å². The highest BCUT2D eigenvalue weighted by Gasteiger charge is 2.13. The van der Waals surface area contributed by atoms with Gasteiger partial charge in [0, 0.05) is 37.5 Å². The minimum Gasteiger partial charge on any atom is -0.497 e. The van der Waals surface area contributed by atoms with Crippen molar-refractivity contribution < 1.29 is 19.0 Å². The monoisotopic (exact) mass is 298 g/mol. The molecule has 0 fully saturated rings. The lowest BCUT2D eigenvalue weighted by Crippen LogP contribution is -2.36. The van der Waals surface area contributed by atoms with Crippen LogP contribution in [0.15, 0.2) is 18.2 Å². The molecule has 0 aliphatic carbocycles. The Bertz CT molecular complexity index is 447. The summed E-state index contributed by atoms with van der Waals surface area (Å²) in [7, 11) is 1.44. The maximum atomic E-state index is 13.4. The van der Waals surface area contributed by atoms with Gasteiger partial charge in [-0.1, -0.05) is 13.3 Å². The first-order chi connectivity index (χ1) is 10.1. The number of nitrogens with zero attached hydrogens (tertiary/aromatic N) is 1. The van der Waals surface area contributed by atoms with Crippen LogP contribution >= 0.6 is 0 Å². The van der Waals surface area contributed by atoms with Gasteiger partial charge in [0.05, 0.1) is 7.11 Å². The van der Waals surface area contributed by atoms with E-state index in [4.69, 9.17) is 9.84 Å². The fourth-order valence-electron chi connectivity index (χ4n) is 1.88. The van der Waals surface area contributed by atoms with Crippen molar-refractivity contribution in [3.63, 3.8) is 0 Å². The number of carbonyl (C=O) groups excluding carboxylic acids is 1. The molecule has 1 rings (SSSR count). The van der Waals surface area contributed by atoms with Crippen molar-refractivity contribution in [2.45, 2.75) is 26.2 Å². The molecule has 0 bridgehead atoms. The highest BCUT2D eigenvalue weighted by Crippen LogP contribution is 2.20. The molecule has 5 nitrogen and oxygen atoms in total. The van der Waals surface area contributed by atoms with Gasteiger partial charge in [0.25, 0.3) is 0 Å². The van der Waals surface area contributed by atoms with Crippen molar-refractivity contribution in [1.82, 2.24) is 4.90 Å². The molecule has 0 radical (unpaired) electrons. The van der Waals surface area contributed by atoms with E-state index < -0.39 is 5.82 Å². The summed E-state index contributed by atoms with van der Waals surface area (Å²) in [6, 6.07) is 3.75. The number of halogens is 1. The van der Waals surface area contributed by atoms with Gasteiger partial charge in [-0.05, 0) is 18.9 Å². The highest BCUT2D eigenvalue weighted by molar-refractivity contribution is 5.89. The van der Waals surface area contributed by atoms with E-state index in [-0.39, 0.29) is 12.6 Å². The number of rotatable bonds is 8. The smallest absolute Gasteiger partial charge is 0.321 e. The average molecular weight is 298 g/mol. The van der Waals surface area contributed by atoms with Crippen molar-refractivity contribution in [3.8, 4) is 5.75 Å². The summed E-state index contributed by atoms with van der Waals surface area (Å²) >= 11 is 0. The standard InChI is InChI=1S/C15H23FN2O3/c1-3-4-6-18(7-5-8-19)15(20)17-13-9-12(16)10-14(11-13)21-2/h9-11,19H,3-8H2,1-2H3,(H,17,20). The van der Waals surface area contributed by atoms with Crippen LogP contribution in [0.2, 0.25) is 0 Å². The summed E-state index contributed by atoms with van der Waals surface area (Å²) in [6.07, 6.45) is 2.37. The molecule has 0 spiro atoms. The van der Waals surface area contributed by atoms with Crippen LogP contribution in [0, 0.1) is 5.82 Å². The van der Waals surface area contributed by atoms with Gasteiger partial charge in [0.1, 0.15) is 11.6 Å². The number of hydrogen-bond acceptors (Lipinski definition) is 3. The Kier molecular flexibility index (Phi) is 7.53. The van der Waals surface area contributed by atoms with Gasteiger partial charge in [-0.25, -0.2) is 9.18 Å². The van der Waals surface area contributed by atoms with Gasteiger partial charge < -0.3 is 20.1 Å². The minimum absolute atomic E-state index is 0.0314. The van der Waals surface area contributed by atoms with Crippen molar-refractivity contribution >= 4 is 11.7 Å². The molecule has 21 heavy (non-hydrogen) atoms. The zero-order valence-corrected chi connectivity index (χ0v) is 12.6. The van der Waals surface area contributed by atoms with Gasteiger partial charge in [-0.15, -0.1) is 0 Å². The number of aliphatic hydroxyl groups is 1. The number of ether oxygens (including phenoxy) is 1. The molecular weight excluding hydrogens is 275 g/mol. The Morgan fingerprint density at radius 2 is 2.05 bits per heavy atom. The van der Waals surface area contributed by atoms with Crippen molar-refractivity contribution in [1.29, 1.82) is 0 Å². The third kappa shape index (κ3) is 5.99. The first kappa shape index (κ1) is 17.2. The Hall–Kier alpha value is -1.82. The van der Waals surface area contributed by atoms with E-state index in [0.29, 0.717) is 30.9 Å². The quantitative estimate of drug-likeness (QED) is 0.776. The molecule has 0 saturated heterocycles. The second-order valence-electron chi connectivity index (χ2n) is 4.73.